The van der Waals surface area contributed by atoms with Crippen LogP contribution in [0, 0.1) is 0 Å². The van der Waals surface area contributed by atoms with Crippen LogP contribution in [0.3, 0.4) is 0 Å². The molecule has 5 nitrogen and oxygen atoms in total. The van der Waals surface area contributed by atoms with Crippen molar-refractivity contribution < 1.29 is 14.4 Å². The molecule has 2 rings (SSSR count). The molecule has 1 heterocycles. The number of aromatic nitrogens is 2. The molecular formula is C12H18N2O3. The van der Waals surface area contributed by atoms with E-state index in [1.165, 1.54) is 19.3 Å². The minimum Gasteiger partial charge on any atom is -0.481 e. The van der Waals surface area contributed by atoms with Gasteiger partial charge < -0.3 is 9.63 Å². The van der Waals surface area contributed by atoms with Crippen LogP contribution in [0.4, 0.5) is 0 Å². The van der Waals surface area contributed by atoms with Gasteiger partial charge in [-0.3, -0.25) is 4.79 Å². The minimum atomic E-state index is -0.833. The maximum Gasteiger partial charge on any atom is 0.303 e. The smallest absolute Gasteiger partial charge is 0.303 e. The zero-order valence-corrected chi connectivity index (χ0v) is 10.1. The Hall–Kier alpha value is -1.39. The lowest BCUT2D eigenvalue weighted by atomic mass is 9.76. The molecule has 0 atom stereocenters. The Morgan fingerprint density at radius 1 is 1.41 bits per heavy atom. The van der Waals surface area contributed by atoms with Crippen molar-refractivity contribution in [3.8, 4) is 0 Å². The zero-order chi connectivity index (χ0) is 12.3. The van der Waals surface area contributed by atoms with Gasteiger partial charge in [-0.05, 0) is 12.8 Å². The van der Waals surface area contributed by atoms with Crippen LogP contribution in [0.1, 0.15) is 57.2 Å². The van der Waals surface area contributed by atoms with Crippen LogP contribution in [0.5, 0.6) is 0 Å². The first-order chi connectivity index (χ1) is 8.10. The fourth-order valence-electron chi connectivity index (χ4n) is 2.37. The zero-order valence-electron chi connectivity index (χ0n) is 10.1. The van der Waals surface area contributed by atoms with Crippen LogP contribution in [-0.4, -0.2) is 21.2 Å². The van der Waals surface area contributed by atoms with Crippen molar-refractivity contribution in [2.24, 2.45) is 0 Å². The SMILES string of the molecule is CC1(c2nc(CCC(=O)O)no2)CCCCC1. The Balaban J connectivity index is 2.03. The van der Waals surface area contributed by atoms with Crippen molar-refractivity contribution in [3.05, 3.63) is 11.7 Å². The second-order valence-electron chi connectivity index (χ2n) is 5.03. The quantitative estimate of drug-likeness (QED) is 0.871. The fourth-order valence-corrected chi connectivity index (χ4v) is 2.37. The van der Waals surface area contributed by atoms with E-state index in [0.29, 0.717) is 18.1 Å². The number of hydrogen-bond donors (Lipinski definition) is 1. The van der Waals surface area contributed by atoms with Gasteiger partial charge in [0.1, 0.15) is 0 Å². The molecule has 0 bridgehead atoms. The predicted octanol–water partition coefficient (Wildman–Crippen LogP) is 2.31. The van der Waals surface area contributed by atoms with Crippen LogP contribution in [0.25, 0.3) is 0 Å². The lowest BCUT2D eigenvalue weighted by molar-refractivity contribution is -0.137. The van der Waals surface area contributed by atoms with Gasteiger partial charge in [0.2, 0.25) is 5.89 Å². The maximum absolute atomic E-state index is 10.5. The van der Waals surface area contributed by atoms with Crippen molar-refractivity contribution in [2.75, 3.05) is 0 Å². The number of hydrogen-bond acceptors (Lipinski definition) is 4. The topological polar surface area (TPSA) is 76.2 Å². The molecule has 1 aliphatic rings. The molecule has 17 heavy (non-hydrogen) atoms. The summed E-state index contributed by atoms with van der Waals surface area (Å²) >= 11 is 0. The van der Waals surface area contributed by atoms with E-state index in [1.807, 2.05) is 0 Å². The third-order valence-electron chi connectivity index (χ3n) is 3.50. The van der Waals surface area contributed by atoms with Crippen molar-refractivity contribution in [3.63, 3.8) is 0 Å². The number of carbonyl (C=O) groups is 1. The lowest BCUT2D eigenvalue weighted by Crippen LogP contribution is -2.25. The van der Waals surface area contributed by atoms with Crippen molar-refractivity contribution in [1.82, 2.24) is 10.1 Å². The van der Waals surface area contributed by atoms with Gasteiger partial charge in [-0.15, -0.1) is 0 Å². The molecule has 0 aliphatic heterocycles. The van der Waals surface area contributed by atoms with Crippen LogP contribution < -0.4 is 0 Å². The Morgan fingerprint density at radius 2 is 2.12 bits per heavy atom. The molecule has 1 saturated carbocycles. The summed E-state index contributed by atoms with van der Waals surface area (Å²) in [6.45, 7) is 2.15. The molecule has 0 aromatic carbocycles. The molecule has 1 aromatic heterocycles. The number of carboxylic acids is 1. The third-order valence-corrected chi connectivity index (χ3v) is 3.50. The van der Waals surface area contributed by atoms with E-state index >= 15 is 0 Å². The summed E-state index contributed by atoms with van der Waals surface area (Å²) in [5, 5.41) is 12.5. The number of aliphatic carboxylic acids is 1. The molecular weight excluding hydrogens is 220 g/mol. The van der Waals surface area contributed by atoms with Gasteiger partial charge in [-0.25, -0.2) is 0 Å². The molecule has 0 amide bonds. The highest BCUT2D eigenvalue weighted by atomic mass is 16.5. The first-order valence-electron chi connectivity index (χ1n) is 6.15. The largest absolute Gasteiger partial charge is 0.481 e. The van der Waals surface area contributed by atoms with Crippen LogP contribution in [-0.2, 0) is 16.6 Å². The van der Waals surface area contributed by atoms with E-state index in [4.69, 9.17) is 9.63 Å². The van der Waals surface area contributed by atoms with E-state index in [0.717, 1.165) is 12.8 Å². The number of rotatable bonds is 4. The van der Waals surface area contributed by atoms with Gasteiger partial charge in [-0.2, -0.15) is 4.98 Å². The summed E-state index contributed by atoms with van der Waals surface area (Å²) in [6.07, 6.45) is 6.22. The number of nitrogens with zero attached hydrogens (tertiary/aromatic N) is 2. The minimum absolute atomic E-state index is 0.00722. The molecule has 0 radical (unpaired) electrons. The van der Waals surface area contributed by atoms with Crippen molar-refractivity contribution >= 4 is 5.97 Å². The maximum atomic E-state index is 10.5. The van der Waals surface area contributed by atoms with Gasteiger partial charge in [-0.1, -0.05) is 31.3 Å². The van der Waals surface area contributed by atoms with E-state index in [9.17, 15) is 4.79 Å². The molecule has 0 unspecified atom stereocenters. The fraction of sp³-hybridized carbons (Fsp3) is 0.750. The van der Waals surface area contributed by atoms with E-state index in [-0.39, 0.29) is 11.8 Å². The second kappa shape index (κ2) is 4.85. The summed E-state index contributed by atoms with van der Waals surface area (Å²) in [7, 11) is 0. The van der Waals surface area contributed by atoms with Crippen LogP contribution in [0.2, 0.25) is 0 Å². The Kier molecular flexibility index (Phi) is 3.45. The van der Waals surface area contributed by atoms with Crippen LogP contribution >= 0.6 is 0 Å². The average molecular weight is 238 g/mol. The summed E-state index contributed by atoms with van der Waals surface area (Å²) in [6, 6.07) is 0. The van der Waals surface area contributed by atoms with Crippen molar-refractivity contribution in [2.45, 2.75) is 57.3 Å². The van der Waals surface area contributed by atoms with Gasteiger partial charge in [0, 0.05) is 11.8 Å². The monoisotopic (exact) mass is 238 g/mol. The average Bonchev–Trinajstić information content (AvgIpc) is 2.76. The highest BCUT2D eigenvalue weighted by Gasteiger charge is 2.34. The Bertz CT molecular complexity index is 394. The molecule has 1 N–H and O–H groups in total. The standard InChI is InChI=1S/C12H18N2O3/c1-12(7-3-2-4-8-12)11-13-9(14-17-11)5-6-10(15)16/h2-8H2,1H3,(H,15,16). The summed E-state index contributed by atoms with van der Waals surface area (Å²) in [5.41, 5.74) is -0.00722. The molecule has 94 valence electrons. The summed E-state index contributed by atoms with van der Waals surface area (Å²) < 4.78 is 5.29. The van der Waals surface area contributed by atoms with Gasteiger partial charge in [0.25, 0.3) is 0 Å². The van der Waals surface area contributed by atoms with E-state index in [2.05, 4.69) is 17.1 Å². The molecule has 1 aliphatic carbocycles. The Morgan fingerprint density at radius 3 is 2.76 bits per heavy atom. The summed E-state index contributed by atoms with van der Waals surface area (Å²) in [5.74, 6) is 0.354. The van der Waals surface area contributed by atoms with E-state index < -0.39 is 5.97 Å². The lowest BCUT2D eigenvalue weighted by Gasteiger charge is -2.29. The Labute approximate surface area is 100 Å². The summed E-state index contributed by atoms with van der Waals surface area (Å²) in [4.78, 5) is 14.8. The highest BCUT2D eigenvalue weighted by molar-refractivity contribution is 5.66. The number of aryl methyl sites for hydroxylation is 1. The molecule has 0 spiro atoms. The van der Waals surface area contributed by atoms with Crippen molar-refractivity contribution in [1.29, 1.82) is 0 Å². The van der Waals surface area contributed by atoms with Gasteiger partial charge in [0.05, 0.1) is 6.42 Å². The second-order valence-corrected chi connectivity index (χ2v) is 5.03. The van der Waals surface area contributed by atoms with E-state index in [1.54, 1.807) is 0 Å². The molecule has 5 heteroatoms. The molecule has 1 aromatic rings. The molecule has 0 saturated heterocycles. The van der Waals surface area contributed by atoms with Gasteiger partial charge >= 0.3 is 5.97 Å². The number of carboxylic acid groups (broad SMARTS) is 1. The van der Waals surface area contributed by atoms with Crippen LogP contribution in [0.15, 0.2) is 4.52 Å². The first kappa shape index (κ1) is 12.1. The molecule has 1 fully saturated rings. The highest BCUT2D eigenvalue weighted by Crippen LogP contribution is 2.37. The van der Waals surface area contributed by atoms with Gasteiger partial charge in [0.15, 0.2) is 5.82 Å². The normalized spacial score (nSPS) is 19.1. The third kappa shape index (κ3) is 2.84. The predicted molar refractivity (Wildman–Crippen MR) is 60.7 cm³/mol. The first-order valence-corrected chi connectivity index (χ1v) is 6.15.